The molecule has 1 atom stereocenters. The minimum absolute atomic E-state index is 0.106. The zero-order valence-electron chi connectivity index (χ0n) is 8.50. The van der Waals surface area contributed by atoms with Crippen molar-refractivity contribution < 1.29 is 9.47 Å². The Balaban J connectivity index is 2.50. The quantitative estimate of drug-likeness (QED) is 0.702. The summed E-state index contributed by atoms with van der Waals surface area (Å²) < 4.78 is 10.6. The van der Waals surface area contributed by atoms with E-state index in [0.29, 0.717) is 12.5 Å². The Hall–Kier alpha value is -0.730. The second-order valence-corrected chi connectivity index (χ2v) is 3.41. The van der Waals surface area contributed by atoms with Crippen molar-refractivity contribution >= 4 is 11.6 Å². The number of hydrogen-bond donors (Lipinski definition) is 0. The summed E-state index contributed by atoms with van der Waals surface area (Å²) in [5.41, 5.74) is 1.06. The van der Waals surface area contributed by atoms with Gasteiger partial charge in [-0.2, -0.15) is 0 Å². The average molecular weight is 215 g/mol. The van der Waals surface area contributed by atoms with Crippen LogP contribution in [0.3, 0.4) is 0 Å². The van der Waals surface area contributed by atoms with Gasteiger partial charge in [0.2, 0.25) is 0 Å². The summed E-state index contributed by atoms with van der Waals surface area (Å²) in [6.45, 7) is 2.52. The minimum Gasteiger partial charge on any atom is -0.491 e. The van der Waals surface area contributed by atoms with Gasteiger partial charge >= 0.3 is 0 Å². The number of halogens is 1. The van der Waals surface area contributed by atoms with Gasteiger partial charge in [0.25, 0.3) is 0 Å². The fraction of sp³-hybridized carbons (Fsp3) is 0.455. The molecule has 2 nitrogen and oxygen atoms in total. The van der Waals surface area contributed by atoms with Crippen molar-refractivity contribution in [3.63, 3.8) is 0 Å². The van der Waals surface area contributed by atoms with Crippen LogP contribution in [0.15, 0.2) is 24.3 Å². The van der Waals surface area contributed by atoms with Crippen LogP contribution < -0.4 is 4.74 Å². The molecule has 0 saturated carbocycles. The van der Waals surface area contributed by atoms with Crippen LogP contribution >= 0.6 is 11.6 Å². The van der Waals surface area contributed by atoms with E-state index in [-0.39, 0.29) is 6.10 Å². The SMILES string of the molecule is COC(C)COc1cccc(CCl)c1. The largest absolute Gasteiger partial charge is 0.491 e. The molecule has 0 fully saturated rings. The Labute approximate surface area is 89.8 Å². The number of rotatable bonds is 5. The first kappa shape index (κ1) is 11.3. The molecule has 0 aromatic heterocycles. The van der Waals surface area contributed by atoms with Crippen LogP contribution in [0.5, 0.6) is 5.75 Å². The summed E-state index contributed by atoms with van der Waals surface area (Å²) in [4.78, 5) is 0. The molecular formula is C11H15ClO2. The summed E-state index contributed by atoms with van der Waals surface area (Å²) in [5, 5.41) is 0. The number of ether oxygens (including phenoxy) is 2. The molecule has 78 valence electrons. The Morgan fingerprint density at radius 3 is 2.86 bits per heavy atom. The standard InChI is InChI=1S/C11H15ClO2/c1-9(13-2)8-14-11-5-3-4-10(6-11)7-12/h3-6,9H,7-8H2,1-2H3. The van der Waals surface area contributed by atoms with E-state index in [1.54, 1.807) is 7.11 Å². The number of alkyl halides is 1. The van der Waals surface area contributed by atoms with E-state index >= 15 is 0 Å². The van der Waals surface area contributed by atoms with E-state index in [2.05, 4.69) is 0 Å². The lowest BCUT2D eigenvalue weighted by Gasteiger charge is -2.11. The number of benzene rings is 1. The first-order valence-electron chi connectivity index (χ1n) is 4.56. The molecule has 0 bridgehead atoms. The van der Waals surface area contributed by atoms with Crippen LogP contribution in [-0.2, 0) is 10.6 Å². The van der Waals surface area contributed by atoms with Crippen LogP contribution in [0.25, 0.3) is 0 Å². The summed E-state index contributed by atoms with van der Waals surface area (Å²) in [6.07, 6.45) is 0.106. The third kappa shape index (κ3) is 3.56. The highest BCUT2D eigenvalue weighted by atomic mass is 35.5. The molecule has 1 unspecified atom stereocenters. The van der Waals surface area contributed by atoms with Gasteiger partial charge in [0, 0.05) is 13.0 Å². The summed E-state index contributed by atoms with van der Waals surface area (Å²) in [5.74, 6) is 1.35. The second kappa shape index (κ2) is 5.89. The lowest BCUT2D eigenvalue weighted by atomic mass is 10.2. The second-order valence-electron chi connectivity index (χ2n) is 3.14. The molecule has 3 heteroatoms. The molecule has 0 aliphatic carbocycles. The van der Waals surface area contributed by atoms with Crippen molar-refractivity contribution in [3.05, 3.63) is 29.8 Å². The fourth-order valence-corrected chi connectivity index (χ4v) is 1.17. The Kier molecular flexibility index (Phi) is 4.77. The highest BCUT2D eigenvalue weighted by Crippen LogP contribution is 2.15. The molecule has 0 amide bonds. The summed E-state index contributed by atoms with van der Waals surface area (Å²) >= 11 is 5.71. The van der Waals surface area contributed by atoms with Gasteiger partial charge in [-0.3, -0.25) is 0 Å². The lowest BCUT2D eigenvalue weighted by Crippen LogP contribution is -2.15. The highest BCUT2D eigenvalue weighted by molar-refractivity contribution is 6.17. The normalized spacial score (nSPS) is 12.5. The van der Waals surface area contributed by atoms with Crippen molar-refractivity contribution in [1.82, 2.24) is 0 Å². The van der Waals surface area contributed by atoms with E-state index in [9.17, 15) is 0 Å². The zero-order chi connectivity index (χ0) is 10.4. The molecule has 1 aromatic carbocycles. The van der Waals surface area contributed by atoms with E-state index in [1.807, 2.05) is 31.2 Å². The summed E-state index contributed by atoms with van der Waals surface area (Å²) in [6, 6.07) is 7.76. The maximum absolute atomic E-state index is 5.71. The van der Waals surface area contributed by atoms with Crippen LogP contribution in [0, 0.1) is 0 Å². The van der Waals surface area contributed by atoms with Gasteiger partial charge < -0.3 is 9.47 Å². The first-order valence-corrected chi connectivity index (χ1v) is 5.10. The molecule has 0 N–H and O–H groups in total. The molecule has 0 saturated heterocycles. The zero-order valence-corrected chi connectivity index (χ0v) is 9.25. The third-order valence-electron chi connectivity index (χ3n) is 1.94. The highest BCUT2D eigenvalue weighted by Gasteiger charge is 2.01. The van der Waals surface area contributed by atoms with Gasteiger partial charge in [0.1, 0.15) is 12.4 Å². The van der Waals surface area contributed by atoms with Crippen molar-refractivity contribution in [2.45, 2.75) is 18.9 Å². The Morgan fingerprint density at radius 1 is 1.43 bits per heavy atom. The van der Waals surface area contributed by atoms with Crippen molar-refractivity contribution in [1.29, 1.82) is 0 Å². The average Bonchev–Trinajstić information content (AvgIpc) is 2.26. The van der Waals surface area contributed by atoms with Crippen LogP contribution in [0.2, 0.25) is 0 Å². The molecule has 0 radical (unpaired) electrons. The van der Waals surface area contributed by atoms with Gasteiger partial charge in [0.05, 0.1) is 6.10 Å². The topological polar surface area (TPSA) is 18.5 Å². The molecule has 0 aliphatic rings. The molecule has 0 heterocycles. The Morgan fingerprint density at radius 2 is 2.21 bits per heavy atom. The van der Waals surface area contributed by atoms with Gasteiger partial charge in [-0.15, -0.1) is 11.6 Å². The van der Waals surface area contributed by atoms with E-state index in [0.717, 1.165) is 11.3 Å². The van der Waals surface area contributed by atoms with E-state index < -0.39 is 0 Å². The van der Waals surface area contributed by atoms with Crippen molar-refractivity contribution in [3.8, 4) is 5.75 Å². The molecular weight excluding hydrogens is 200 g/mol. The predicted octanol–water partition coefficient (Wildman–Crippen LogP) is 2.84. The molecule has 1 rings (SSSR count). The first-order chi connectivity index (χ1) is 6.76. The van der Waals surface area contributed by atoms with E-state index in [4.69, 9.17) is 21.1 Å². The number of hydrogen-bond acceptors (Lipinski definition) is 2. The fourth-order valence-electron chi connectivity index (χ4n) is 1.00. The van der Waals surface area contributed by atoms with Crippen molar-refractivity contribution in [2.75, 3.05) is 13.7 Å². The van der Waals surface area contributed by atoms with Crippen LogP contribution in [-0.4, -0.2) is 19.8 Å². The third-order valence-corrected chi connectivity index (χ3v) is 2.25. The molecule has 0 aliphatic heterocycles. The maximum atomic E-state index is 5.71. The predicted molar refractivity (Wildman–Crippen MR) is 58.0 cm³/mol. The van der Waals surface area contributed by atoms with Crippen molar-refractivity contribution in [2.24, 2.45) is 0 Å². The molecule has 1 aromatic rings. The van der Waals surface area contributed by atoms with Gasteiger partial charge in [-0.25, -0.2) is 0 Å². The maximum Gasteiger partial charge on any atom is 0.119 e. The van der Waals surface area contributed by atoms with Gasteiger partial charge in [-0.05, 0) is 24.6 Å². The van der Waals surface area contributed by atoms with Gasteiger partial charge in [-0.1, -0.05) is 12.1 Å². The summed E-state index contributed by atoms with van der Waals surface area (Å²) in [7, 11) is 1.67. The molecule has 0 spiro atoms. The van der Waals surface area contributed by atoms with Crippen LogP contribution in [0.4, 0.5) is 0 Å². The van der Waals surface area contributed by atoms with E-state index in [1.165, 1.54) is 0 Å². The smallest absolute Gasteiger partial charge is 0.119 e. The Bertz CT molecular complexity index is 276. The number of methoxy groups -OCH3 is 1. The monoisotopic (exact) mass is 214 g/mol. The minimum atomic E-state index is 0.106. The lowest BCUT2D eigenvalue weighted by molar-refractivity contribution is 0.0716. The molecule has 14 heavy (non-hydrogen) atoms. The van der Waals surface area contributed by atoms with Crippen LogP contribution in [0.1, 0.15) is 12.5 Å². The van der Waals surface area contributed by atoms with Gasteiger partial charge in [0.15, 0.2) is 0 Å².